The SMILES string of the molecule is O=c1nc(-c2ccccc2)c2ccccc2n1Cc1ccccn1. The fourth-order valence-electron chi connectivity index (χ4n) is 2.85. The normalized spacial score (nSPS) is 10.8. The summed E-state index contributed by atoms with van der Waals surface area (Å²) in [6.45, 7) is 0.405. The van der Waals surface area contributed by atoms with Crippen LogP contribution in [0.25, 0.3) is 22.2 Å². The molecule has 116 valence electrons. The molecule has 0 bridgehead atoms. The van der Waals surface area contributed by atoms with Gasteiger partial charge in [0.2, 0.25) is 0 Å². The minimum absolute atomic E-state index is 0.266. The van der Waals surface area contributed by atoms with Crippen LogP contribution in [0.5, 0.6) is 0 Å². The molecule has 0 aliphatic carbocycles. The molecule has 0 unspecified atom stereocenters. The first kappa shape index (κ1) is 14.3. The highest BCUT2D eigenvalue weighted by molar-refractivity contribution is 5.92. The number of fused-ring (bicyclic) bond motifs is 1. The molecule has 2 aromatic carbocycles. The minimum Gasteiger partial charge on any atom is -0.286 e. The zero-order valence-electron chi connectivity index (χ0n) is 13.0. The monoisotopic (exact) mass is 313 g/mol. The van der Waals surface area contributed by atoms with Gasteiger partial charge in [-0.1, -0.05) is 54.6 Å². The Balaban J connectivity index is 1.94. The summed E-state index contributed by atoms with van der Waals surface area (Å²) in [7, 11) is 0. The molecule has 24 heavy (non-hydrogen) atoms. The molecule has 0 radical (unpaired) electrons. The Kier molecular flexibility index (Phi) is 3.63. The van der Waals surface area contributed by atoms with E-state index in [0.717, 1.165) is 22.2 Å². The van der Waals surface area contributed by atoms with Crippen molar-refractivity contribution in [3.63, 3.8) is 0 Å². The fourth-order valence-corrected chi connectivity index (χ4v) is 2.85. The summed E-state index contributed by atoms with van der Waals surface area (Å²) in [6, 6.07) is 23.3. The van der Waals surface area contributed by atoms with Crippen LogP contribution in [-0.2, 0) is 6.54 Å². The third-order valence-electron chi connectivity index (χ3n) is 3.98. The number of hydrogen-bond acceptors (Lipinski definition) is 3. The van der Waals surface area contributed by atoms with Crippen molar-refractivity contribution in [3.8, 4) is 11.3 Å². The predicted molar refractivity (Wildman–Crippen MR) is 94.8 cm³/mol. The first-order chi connectivity index (χ1) is 11.8. The third-order valence-corrected chi connectivity index (χ3v) is 3.98. The van der Waals surface area contributed by atoms with Crippen LogP contribution < -0.4 is 5.69 Å². The van der Waals surface area contributed by atoms with E-state index in [4.69, 9.17) is 0 Å². The Morgan fingerprint density at radius 2 is 1.58 bits per heavy atom. The highest BCUT2D eigenvalue weighted by Gasteiger charge is 2.12. The van der Waals surface area contributed by atoms with E-state index < -0.39 is 0 Å². The number of pyridine rings is 1. The van der Waals surface area contributed by atoms with Gasteiger partial charge in [-0.15, -0.1) is 0 Å². The van der Waals surface area contributed by atoms with Crippen LogP contribution in [0.2, 0.25) is 0 Å². The molecule has 4 rings (SSSR count). The molecule has 0 spiro atoms. The second-order valence-electron chi connectivity index (χ2n) is 5.53. The largest absolute Gasteiger partial charge is 0.348 e. The van der Waals surface area contributed by atoms with Crippen molar-refractivity contribution < 1.29 is 0 Å². The Bertz CT molecular complexity index is 1040. The van der Waals surface area contributed by atoms with Crippen LogP contribution in [0.3, 0.4) is 0 Å². The van der Waals surface area contributed by atoms with Crippen LogP contribution in [0, 0.1) is 0 Å². The summed E-state index contributed by atoms with van der Waals surface area (Å²) in [5, 5.41) is 0.958. The molecule has 2 aromatic heterocycles. The van der Waals surface area contributed by atoms with Gasteiger partial charge in [0.25, 0.3) is 0 Å². The van der Waals surface area contributed by atoms with E-state index in [2.05, 4.69) is 9.97 Å². The molecule has 0 N–H and O–H groups in total. The fraction of sp³-hybridized carbons (Fsp3) is 0.0500. The van der Waals surface area contributed by atoms with E-state index in [1.54, 1.807) is 10.8 Å². The standard InChI is InChI=1S/C20H15N3O/c24-20-22-19(15-8-2-1-3-9-15)17-11-4-5-12-18(17)23(20)14-16-10-6-7-13-21-16/h1-13H,14H2. The lowest BCUT2D eigenvalue weighted by molar-refractivity contribution is 0.744. The summed E-state index contributed by atoms with van der Waals surface area (Å²) in [5.41, 5.74) is 3.09. The van der Waals surface area contributed by atoms with Crippen LogP contribution in [0.15, 0.2) is 83.8 Å². The van der Waals surface area contributed by atoms with Crippen molar-refractivity contribution in [1.82, 2.24) is 14.5 Å². The molecule has 0 aliphatic rings. The van der Waals surface area contributed by atoms with E-state index in [0.29, 0.717) is 12.2 Å². The Labute approximate surface area is 139 Å². The number of para-hydroxylation sites is 1. The molecule has 4 heteroatoms. The van der Waals surface area contributed by atoms with Gasteiger partial charge in [-0.3, -0.25) is 9.55 Å². The van der Waals surface area contributed by atoms with Crippen LogP contribution >= 0.6 is 0 Å². The van der Waals surface area contributed by atoms with Gasteiger partial charge in [-0.05, 0) is 18.2 Å². The molecule has 2 heterocycles. The van der Waals surface area contributed by atoms with Crippen molar-refractivity contribution >= 4 is 10.9 Å². The molecule has 0 aliphatic heterocycles. The van der Waals surface area contributed by atoms with Gasteiger partial charge >= 0.3 is 5.69 Å². The first-order valence-electron chi connectivity index (χ1n) is 7.78. The molecular weight excluding hydrogens is 298 g/mol. The van der Waals surface area contributed by atoms with E-state index in [1.807, 2.05) is 72.8 Å². The molecule has 0 atom stereocenters. The zero-order chi connectivity index (χ0) is 16.4. The van der Waals surface area contributed by atoms with Crippen molar-refractivity contribution in [2.75, 3.05) is 0 Å². The van der Waals surface area contributed by atoms with Gasteiger partial charge in [0.15, 0.2) is 0 Å². The second kappa shape index (κ2) is 6.08. The third kappa shape index (κ3) is 2.58. The summed E-state index contributed by atoms with van der Waals surface area (Å²) in [5.74, 6) is 0. The molecular formula is C20H15N3O. The van der Waals surface area contributed by atoms with Gasteiger partial charge in [-0.2, -0.15) is 4.98 Å². The minimum atomic E-state index is -0.266. The number of nitrogens with zero attached hydrogens (tertiary/aromatic N) is 3. The molecule has 4 nitrogen and oxygen atoms in total. The average molecular weight is 313 g/mol. The van der Waals surface area contributed by atoms with Crippen LogP contribution in [0.1, 0.15) is 5.69 Å². The molecule has 0 amide bonds. The topological polar surface area (TPSA) is 47.8 Å². The summed E-state index contributed by atoms with van der Waals surface area (Å²) < 4.78 is 1.67. The van der Waals surface area contributed by atoms with Crippen molar-refractivity contribution in [1.29, 1.82) is 0 Å². The highest BCUT2D eigenvalue weighted by Crippen LogP contribution is 2.25. The van der Waals surface area contributed by atoms with Crippen molar-refractivity contribution in [2.45, 2.75) is 6.54 Å². The maximum atomic E-state index is 12.7. The van der Waals surface area contributed by atoms with E-state index in [-0.39, 0.29) is 5.69 Å². The summed E-state index contributed by atoms with van der Waals surface area (Å²) in [6.07, 6.45) is 1.73. The van der Waals surface area contributed by atoms with Crippen LogP contribution in [0.4, 0.5) is 0 Å². The predicted octanol–water partition coefficient (Wildman–Crippen LogP) is 3.51. The number of rotatable bonds is 3. The summed E-state index contributed by atoms with van der Waals surface area (Å²) in [4.78, 5) is 21.3. The summed E-state index contributed by atoms with van der Waals surface area (Å²) >= 11 is 0. The van der Waals surface area contributed by atoms with Gasteiger partial charge in [-0.25, -0.2) is 4.79 Å². The molecule has 0 saturated heterocycles. The zero-order valence-corrected chi connectivity index (χ0v) is 13.0. The second-order valence-corrected chi connectivity index (χ2v) is 5.53. The number of aromatic nitrogens is 3. The smallest absolute Gasteiger partial charge is 0.286 e. The Morgan fingerprint density at radius 1 is 0.833 bits per heavy atom. The first-order valence-corrected chi connectivity index (χ1v) is 7.78. The quantitative estimate of drug-likeness (QED) is 0.581. The molecule has 0 fully saturated rings. The lowest BCUT2D eigenvalue weighted by atomic mass is 10.1. The van der Waals surface area contributed by atoms with Gasteiger partial charge < -0.3 is 0 Å². The van der Waals surface area contributed by atoms with Gasteiger partial charge in [0.05, 0.1) is 23.4 Å². The highest BCUT2D eigenvalue weighted by atomic mass is 16.1. The molecule has 0 saturated carbocycles. The van der Waals surface area contributed by atoms with Crippen molar-refractivity contribution in [3.05, 3.63) is 95.2 Å². The van der Waals surface area contributed by atoms with Gasteiger partial charge in [0.1, 0.15) is 0 Å². The average Bonchev–Trinajstić information content (AvgIpc) is 2.65. The Hall–Kier alpha value is -3.27. The Morgan fingerprint density at radius 3 is 2.38 bits per heavy atom. The number of hydrogen-bond donors (Lipinski definition) is 0. The lowest BCUT2D eigenvalue weighted by Gasteiger charge is -2.12. The number of benzene rings is 2. The van der Waals surface area contributed by atoms with E-state index in [1.165, 1.54) is 0 Å². The maximum Gasteiger partial charge on any atom is 0.348 e. The van der Waals surface area contributed by atoms with Gasteiger partial charge in [0, 0.05) is 17.1 Å². The van der Waals surface area contributed by atoms with E-state index >= 15 is 0 Å². The maximum absolute atomic E-state index is 12.7. The lowest BCUT2D eigenvalue weighted by Crippen LogP contribution is -2.25. The molecule has 4 aromatic rings. The van der Waals surface area contributed by atoms with Crippen molar-refractivity contribution in [2.24, 2.45) is 0 Å². The van der Waals surface area contributed by atoms with Crippen LogP contribution in [-0.4, -0.2) is 14.5 Å². The van der Waals surface area contributed by atoms with E-state index in [9.17, 15) is 4.79 Å².